The van der Waals surface area contributed by atoms with Crippen LogP contribution in [-0.2, 0) is 11.3 Å². The van der Waals surface area contributed by atoms with Gasteiger partial charge in [-0.1, -0.05) is 35.2 Å². The number of rotatable bonds is 8. The lowest BCUT2D eigenvalue weighted by Gasteiger charge is -2.13. The molecule has 0 bridgehead atoms. The van der Waals surface area contributed by atoms with E-state index in [0.29, 0.717) is 28.3 Å². The second-order valence-corrected chi connectivity index (χ2v) is 9.59. The largest absolute Gasteiger partial charge is 0.357 e. The molecule has 1 amide bonds. The number of nitrogens with one attached hydrogen (secondary N) is 2. The molecule has 0 spiro atoms. The summed E-state index contributed by atoms with van der Waals surface area (Å²) in [5.41, 5.74) is 3.00. The molecule has 2 heterocycles. The van der Waals surface area contributed by atoms with Gasteiger partial charge in [-0.25, -0.2) is 4.39 Å². The summed E-state index contributed by atoms with van der Waals surface area (Å²) >= 11 is 2.74. The average molecular weight is 457 g/mol. The van der Waals surface area contributed by atoms with Crippen molar-refractivity contribution in [1.29, 1.82) is 5.26 Å². The summed E-state index contributed by atoms with van der Waals surface area (Å²) < 4.78 is 15.8. The normalized spacial score (nSPS) is 13.1. The van der Waals surface area contributed by atoms with E-state index in [2.05, 4.69) is 26.9 Å². The van der Waals surface area contributed by atoms with Crippen LogP contribution in [0.5, 0.6) is 0 Å². The molecule has 0 aliphatic heterocycles. The minimum absolute atomic E-state index is 0.156. The SMILES string of the molecule is Cc1c(C#N)c(NC(=O)CSc2nnc(NC3CC3)s2)n(Cc2ccc(F)cc2)c1C. The highest BCUT2D eigenvalue weighted by Crippen LogP contribution is 2.31. The molecule has 4 rings (SSSR count). The molecule has 1 aliphatic rings. The molecule has 0 unspecified atom stereocenters. The Kier molecular flexibility index (Phi) is 6.25. The second kappa shape index (κ2) is 9.08. The number of carbonyl (C=O) groups is 1. The van der Waals surface area contributed by atoms with Crippen molar-refractivity contribution in [2.24, 2.45) is 0 Å². The molecule has 3 aromatic rings. The van der Waals surface area contributed by atoms with Crippen LogP contribution in [0.3, 0.4) is 0 Å². The number of nitrogens with zero attached hydrogens (tertiary/aromatic N) is 4. The first-order valence-electron chi connectivity index (χ1n) is 9.81. The number of anilines is 2. The first-order chi connectivity index (χ1) is 14.9. The number of nitriles is 1. The van der Waals surface area contributed by atoms with Crippen molar-refractivity contribution in [3.63, 3.8) is 0 Å². The Morgan fingerprint density at radius 3 is 2.74 bits per heavy atom. The quantitative estimate of drug-likeness (QED) is 0.490. The van der Waals surface area contributed by atoms with Gasteiger partial charge >= 0.3 is 0 Å². The van der Waals surface area contributed by atoms with Gasteiger partial charge in [-0.15, -0.1) is 10.2 Å². The van der Waals surface area contributed by atoms with Crippen molar-refractivity contribution in [2.45, 2.75) is 43.6 Å². The smallest absolute Gasteiger partial charge is 0.235 e. The molecule has 1 saturated carbocycles. The molecule has 1 aliphatic carbocycles. The highest BCUT2D eigenvalue weighted by atomic mass is 32.2. The van der Waals surface area contributed by atoms with E-state index in [1.165, 1.54) is 35.2 Å². The van der Waals surface area contributed by atoms with Crippen molar-refractivity contribution in [3.8, 4) is 6.07 Å². The van der Waals surface area contributed by atoms with Crippen molar-refractivity contribution in [2.75, 3.05) is 16.4 Å². The monoisotopic (exact) mass is 456 g/mol. The van der Waals surface area contributed by atoms with Crippen LogP contribution in [0.15, 0.2) is 28.6 Å². The van der Waals surface area contributed by atoms with Gasteiger partial charge in [-0.2, -0.15) is 5.26 Å². The fraction of sp³-hybridized carbons (Fsp3) is 0.333. The number of carbonyl (C=O) groups excluding carboxylic acids is 1. The number of thioether (sulfide) groups is 1. The number of amides is 1. The van der Waals surface area contributed by atoms with Crippen molar-refractivity contribution >= 4 is 40.0 Å². The minimum atomic E-state index is -0.306. The molecule has 7 nitrogen and oxygen atoms in total. The van der Waals surface area contributed by atoms with E-state index in [0.717, 1.165) is 34.8 Å². The molecular formula is C21H21FN6OS2. The van der Waals surface area contributed by atoms with E-state index in [9.17, 15) is 14.4 Å². The molecule has 0 saturated heterocycles. The first-order valence-corrected chi connectivity index (χ1v) is 11.6. The Morgan fingerprint density at radius 1 is 1.32 bits per heavy atom. The zero-order chi connectivity index (χ0) is 22.0. The van der Waals surface area contributed by atoms with E-state index < -0.39 is 0 Å². The lowest BCUT2D eigenvalue weighted by molar-refractivity contribution is -0.113. The van der Waals surface area contributed by atoms with Gasteiger partial charge in [-0.3, -0.25) is 4.79 Å². The summed E-state index contributed by atoms with van der Waals surface area (Å²) in [4.78, 5) is 12.7. The first kappa shape index (κ1) is 21.3. The van der Waals surface area contributed by atoms with E-state index in [-0.39, 0.29) is 17.5 Å². The van der Waals surface area contributed by atoms with Gasteiger partial charge in [0.25, 0.3) is 0 Å². The van der Waals surface area contributed by atoms with Crippen LogP contribution in [0, 0.1) is 31.0 Å². The van der Waals surface area contributed by atoms with Gasteiger partial charge in [0.15, 0.2) is 4.34 Å². The Bertz CT molecular complexity index is 1140. The third-order valence-electron chi connectivity index (χ3n) is 5.09. The minimum Gasteiger partial charge on any atom is -0.357 e. The Morgan fingerprint density at radius 2 is 2.06 bits per heavy atom. The molecule has 160 valence electrons. The molecule has 1 aromatic carbocycles. The summed E-state index contributed by atoms with van der Waals surface area (Å²) in [5.74, 6) is 0.0783. The summed E-state index contributed by atoms with van der Waals surface area (Å²) in [6.07, 6.45) is 2.31. The molecular weight excluding hydrogens is 435 g/mol. The van der Waals surface area contributed by atoms with Gasteiger partial charge in [0.2, 0.25) is 11.0 Å². The van der Waals surface area contributed by atoms with Crippen LogP contribution in [-0.4, -0.2) is 32.5 Å². The summed E-state index contributed by atoms with van der Waals surface area (Å²) in [5, 5.41) is 24.8. The van der Waals surface area contributed by atoms with Crippen molar-refractivity contribution in [1.82, 2.24) is 14.8 Å². The van der Waals surface area contributed by atoms with E-state index in [1.807, 2.05) is 18.4 Å². The molecule has 0 atom stereocenters. The summed E-state index contributed by atoms with van der Waals surface area (Å²) in [7, 11) is 0. The maximum absolute atomic E-state index is 13.2. The predicted molar refractivity (Wildman–Crippen MR) is 120 cm³/mol. The Labute approximate surface area is 187 Å². The van der Waals surface area contributed by atoms with E-state index in [1.54, 1.807) is 12.1 Å². The highest BCUT2D eigenvalue weighted by molar-refractivity contribution is 8.01. The fourth-order valence-electron chi connectivity index (χ4n) is 3.12. The fourth-order valence-corrected chi connectivity index (χ4v) is 4.75. The number of halogens is 1. The maximum atomic E-state index is 13.2. The lowest BCUT2D eigenvalue weighted by Crippen LogP contribution is -2.18. The van der Waals surface area contributed by atoms with Crippen LogP contribution < -0.4 is 10.6 Å². The van der Waals surface area contributed by atoms with Gasteiger partial charge in [0.1, 0.15) is 17.7 Å². The molecule has 2 N–H and O–H groups in total. The van der Waals surface area contributed by atoms with Crippen LogP contribution in [0.4, 0.5) is 15.3 Å². The van der Waals surface area contributed by atoms with Gasteiger partial charge in [0, 0.05) is 18.3 Å². The van der Waals surface area contributed by atoms with Crippen LogP contribution in [0.1, 0.15) is 35.2 Å². The highest BCUT2D eigenvalue weighted by Gasteiger charge is 2.23. The number of aromatic nitrogens is 3. The van der Waals surface area contributed by atoms with Crippen LogP contribution >= 0.6 is 23.1 Å². The van der Waals surface area contributed by atoms with E-state index in [4.69, 9.17) is 0 Å². The Balaban J connectivity index is 1.46. The number of benzene rings is 1. The predicted octanol–water partition coefficient (Wildman–Crippen LogP) is 4.32. The van der Waals surface area contributed by atoms with Gasteiger partial charge in [-0.05, 0) is 49.9 Å². The Hall–Kier alpha value is -2.90. The van der Waals surface area contributed by atoms with Crippen molar-refractivity contribution < 1.29 is 9.18 Å². The lowest BCUT2D eigenvalue weighted by atomic mass is 10.2. The number of hydrogen-bond acceptors (Lipinski definition) is 7. The molecule has 1 fully saturated rings. The zero-order valence-corrected chi connectivity index (χ0v) is 18.7. The standard InChI is InChI=1S/C21H21FN6OS2/c1-12-13(2)28(10-14-3-5-15(22)6-4-14)19(17(12)9-23)25-18(29)11-30-21-27-26-20(31-21)24-16-7-8-16/h3-6,16H,7-8,10-11H2,1-2H3,(H,24,26)(H,25,29). The zero-order valence-electron chi connectivity index (χ0n) is 17.1. The summed E-state index contributed by atoms with van der Waals surface area (Å²) in [6.45, 7) is 4.18. The summed E-state index contributed by atoms with van der Waals surface area (Å²) in [6, 6.07) is 8.88. The molecule has 2 aromatic heterocycles. The van der Waals surface area contributed by atoms with Gasteiger partial charge < -0.3 is 15.2 Å². The topological polar surface area (TPSA) is 95.6 Å². The van der Waals surface area contributed by atoms with Crippen LogP contribution in [0.2, 0.25) is 0 Å². The second-order valence-electron chi connectivity index (χ2n) is 7.39. The van der Waals surface area contributed by atoms with E-state index >= 15 is 0 Å². The molecule has 31 heavy (non-hydrogen) atoms. The van der Waals surface area contributed by atoms with Crippen molar-refractivity contribution in [3.05, 3.63) is 52.5 Å². The third kappa shape index (κ3) is 5.06. The number of hydrogen-bond donors (Lipinski definition) is 2. The average Bonchev–Trinajstić information content (AvgIpc) is 3.41. The third-order valence-corrected chi connectivity index (χ3v) is 7.08. The maximum Gasteiger partial charge on any atom is 0.235 e. The molecule has 10 heteroatoms. The van der Waals surface area contributed by atoms with Gasteiger partial charge in [0.05, 0.1) is 11.3 Å². The van der Waals surface area contributed by atoms with Crippen LogP contribution in [0.25, 0.3) is 0 Å². The molecule has 0 radical (unpaired) electrons.